The summed E-state index contributed by atoms with van der Waals surface area (Å²) >= 11 is 0. The minimum Gasteiger partial charge on any atom is -0.379 e. The predicted molar refractivity (Wildman–Crippen MR) is 102 cm³/mol. The van der Waals surface area contributed by atoms with Gasteiger partial charge >= 0.3 is 0 Å². The van der Waals surface area contributed by atoms with Crippen LogP contribution in [0.1, 0.15) is 11.1 Å². The molecule has 1 aliphatic rings. The fraction of sp³-hybridized carbons (Fsp3) is 0.316. The molecule has 1 N–H and O–H groups in total. The Labute approximate surface area is 158 Å². The lowest BCUT2D eigenvalue weighted by molar-refractivity contribution is 0.0730. The smallest absolute Gasteiger partial charge is 0.243 e. The van der Waals surface area contributed by atoms with E-state index in [1.54, 1.807) is 12.1 Å². The summed E-state index contributed by atoms with van der Waals surface area (Å²) in [5, 5.41) is 7.71. The quantitative estimate of drug-likeness (QED) is 0.697. The molecule has 1 aromatic carbocycles. The topological polar surface area (TPSA) is 75.9 Å². The van der Waals surface area contributed by atoms with Crippen molar-refractivity contribution in [2.45, 2.75) is 18.0 Å². The van der Waals surface area contributed by atoms with Crippen molar-refractivity contribution in [3.05, 3.63) is 66.0 Å². The average molecular weight is 386 g/mol. The number of rotatable bonds is 6. The first-order valence-electron chi connectivity index (χ1n) is 8.93. The normalized spacial score (nSPS) is 16.0. The van der Waals surface area contributed by atoms with E-state index in [4.69, 9.17) is 4.74 Å². The maximum Gasteiger partial charge on any atom is 0.243 e. The summed E-state index contributed by atoms with van der Waals surface area (Å²) in [5.74, 6) is 0. The summed E-state index contributed by atoms with van der Waals surface area (Å²) in [4.78, 5) is 0.329. The molecule has 27 heavy (non-hydrogen) atoms. The van der Waals surface area contributed by atoms with Gasteiger partial charge in [0.2, 0.25) is 10.0 Å². The van der Waals surface area contributed by atoms with Crippen molar-refractivity contribution in [1.82, 2.24) is 19.2 Å². The summed E-state index contributed by atoms with van der Waals surface area (Å²) in [6.07, 6.45) is 3.78. The first kappa shape index (κ1) is 18.1. The second kappa shape index (κ2) is 7.77. The van der Waals surface area contributed by atoms with Gasteiger partial charge in [0.05, 0.1) is 29.8 Å². The molecular formula is C19H22N4O3S. The van der Waals surface area contributed by atoms with Crippen molar-refractivity contribution >= 4 is 15.5 Å². The highest BCUT2D eigenvalue weighted by Gasteiger charge is 2.25. The Balaban J connectivity index is 1.38. The lowest BCUT2D eigenvalue weighted by Gasteiger charge is -2.26. The van der Waals surface area contributed by atoms with Crippen molar-refractivity contribution < 1.29 is 13.2 Å². The summed E-state index contributed by atoms with van der Waals surface area (Å²) < 4.78 is 33.8. The van der Waals surface area contributed by atoms with E-state index in [9.17, 15) is 8.42 Å². The monoisotopic (exact) mass is 386 g/mol. The Bertz CT molecular complexity index is 1010. The molecule has 0 saturated carbocycles. The Morgan fingerprint density at radius 2 is 1.81 bits per heavy atom. The van der Waals surface area contributed by atoms with Crippen LogP contribution in [-0.4, -0.2) is 48.6 Å². The Hall–Kier alpha value is -2.26. The molecule has 0 unspecified atom stereocenters. The van der Waals surface area contributed by atoms with Crippen LogP contribution in [0.4, 0.5) is 0 Å². The molecule has 7 nitrogen and oxygen atoms in total. The van der Waals surface area contributed by atoms with Crippen LogP contribution in [-0.2, 0) is 27.8 Å². The Kier molecular flexibility index (Phi) is 5.22. The number of nitrogens with zero attached hydrogens (tertiary/aromatic N) is 3. The second-order valence-corrected chi connectivity index (χ2v) is 8.40. The van der Waals surface area contributed by atoms with E-state index in [1.165, 1.54) is 4.31 Å². The standard InChI is InChI=1S/C19H22N4O3S/c24-27(25,22-9-11-26-12-10-22)18-6-4-16(5-7-18)13-20-14-17-15-21-23-8-2-1-3-19(17)23/h1-8,15,20H,9-14H2. The fourth-order valence-electron chi connectivity index (χ4n) is 3.18. The van der Waals surface area contributed by atoms with E-state index < -0.39 is 10.0 Å². The summed E-state index contributed by atoms with van der Waals surface area (Å²) in [5.41, 5.74) is 3.24. The van der Waals surface area contributed by atoms with Crippen molar-refractivity contribution in [2.75, 3.05) is 26.3 Å². The minimum atomic E-state index is -3.44. The van der Waals surface area contributed by atoms with Crippen LogP contribution in [0, 0.1) is 0 Å². The van der Waals surface area contributed by atoms with E-state index in [0.717, 1.165) is 16.6 Å². The molecule has 3 heterocycles. The molecule has 2 aromatic heterocycles. The SMILES string of the molecule is O=S(=O)(c1ccc(CNCc2cnn3ccccc23)cc1)N1CCOCC1. The number of sulfonamides is 1. The summed E-state index contributed by atoms with van der Waals surface area (Å²) in [6, 6.07) is 13.0. The number of aromatic nitrogens is 2. The molecule has 8 heteroatoms. The van der Waals surface area contributed by atoms with Crippen LogP contribution in [0.2, 0.25) is 0 Å². The van der Waals surface area contributed by atoms with Gasteiger partial charge in [-0.3, -0.25) is 0 Å². The molecule has 142 valence electrons. The Morgan fingerprint density at radius 3 is 2.59 bits per heavy atom. The molecule has 4 rings (SSSR count). The first-order chi connectivity index (χ1) is 13.1. The zero-order chi connectivity index (χ0) is 18.7. The van der Waals surface area contributed by atoms with Crippen LogP contribution in [0.5, 0.6) is 0 Å². The van der Waals surface area contributed by atoms with Gasteiger partial charge in [0, 0.05) is 37.9 Å². The number of hydrogen-bond acceptors (Lipinski definition) is 5. The van der Waals surface area contributed by atoms with Gasteiger partial charge in [-0.15, -0.1) is 0 Å². The molecule has 1 saturated heterocycles. The van der Waals surface area contributed by atoms with Crippen LogP contribution >= 0.6 is 0 Å². The number of ether oxygens (including phenoxy) is 1. The zero-order valence-electron chi connectivity index (χ0n) is 14.9. The molecule has 0 amide bonds. The molecule has 1 aliphatic heterocycles. The van der Waals surface area contributed by atoms with Crippen LogP contribution in [0.25, 0.3) is 5.52 Å². The maximum absolute atomic E-state index is 12.6. The van der Waals surface area contributed by atoms with E-state index >= 15 is 0 Å². The van der Waals surface area contributed by atoms with Crippen LogP contribution < -0.4 is 5.32 Å². The predicted octanol–water partition coefficient (Wildman–Crippen LogP) is 1.65. The largest absolute Gasteiger partial charge is 0.379 e. The highest BCUT2D eigenvalue weighted by atomic mass is 32.2. The molecular weight excluding hydrogens is 364 g/mol. The molecule has 3 aromatic rings. The third-order valence-electron chi connectivity index (χ3n) is 4.68. The van der Waals surface area contributed by atoms with Crippen LogP contribution in [0.3, 0.4) is 0 Å². The van der Waals surface area contributed by atoms with Gasteiger partial charge in [0.15, 0.2) is 0 Å². The second-order valence-electron chi connectivity index (χ2n) is 6.46. The number of morpholine rings is 1. The first-order valence-corrected chi connectivity index (χ1v) is 10.4. The van der Waals surface area contributed by atoms with Crippen molar-refractivity contribution in [2.24, 2.45) is 0 Å². The minimum absolute atomic E-state index is 0.329. The van der Waals surface area contributed by atoms with Gasteiger partial charge in [0.25, 0.3) is 0 Å². The van der Waals surface area contributed by atoms with Gasteiger partial charge in [-0.2, -0.15) is 9.40 Å². The lowest BCUT2D eigenvalue weighted by atomic mass is 10.2. The maximum atomic E-state index is 12.6. The van der Waals surface area contributed by atoms with Crippen molar-refractivity contribution in [3.63, 3.8) is 0 Å². The van der Waals surface area contributed by atoms with Gasteiger partial charge in [-0.25, -0.2) is 12.9 Å². The highest BCUT2D eigenvalue weighted by Crippen LogP contribution is 2.18. The molecule has 1 fully saturated rings. The molecule has 0 aliphatic carbocycles. The third kappa shape index (κ3) is 3.89. The number of nitrogens with one attached hydrogen (secondary N) is 1. The zero-order valence-corrected chi connectivity index (χ0v) is 15.7. The lowest BCUT2D eigenvalue weighted by Crippen LogP contribution is -2.40. The van der Waals surface area contributed by atoms with E-state index in [-0.39, 0.29) is 0 Å². The van der Waals surface area contributed by atoms with Gasteiger partial charge in [0.1, 0.15) is 0 Å². The van der Waals surface area contributed by atoms with Gasteiger partial charge in [-0.1, -0.05) is 18.2 Å². The highest BCUT2D eigenvalue weighted by molar-refractivity contribution is 7.89. The third-order valence-corrected chi connectivity index (χ3v) is 6.59. The fourth-order valence-corrected chi connectivity index (χ4v) is 4.59. The summed E-state index contributed by atoms with van der Waals surface area (Å²) in [7, 11) is -3.44. The summed E-state index contributed by atoms with van der Waals surface area (Å²) in [6.45, 7) is 3.07. The van der Waals surface area contributed by atoms with Crippen molar-refractivity contribution in [3.8, 4) is 0 Å². The molecule has 0 atom stereocenters. The Morgan fingerprint density at radius 1 is 1.04 bits per heavy atom. The van der Waals surface area contributed by atoms with Gasteiger partial charge in [-0.05, 0) is 29.8 Å². The van der Waals surface area contributed by atoms with E-state index in [0.29, 0.717) is 44.3 Å². The average Bonchev–Trinajstić information content (AvgIpc) is 3.12. The molecule has 0 radical (unpaired) electrons. The van der Waals surface area contributed by atoms with Gasteiger partial charge < -0.3 is 10.1 Å². The molecule has 0 bridgehead atoms. The van der Waals surface area contributed by atoms with Crippen molar-refractivity contribution in [1.29, 1.82) is 0 Å². The van der Waals surface area contributed by atoms with E-state index in [1.807, 2.05) is 47.2 Å². The van der Waals surface area contributed by atoms with Crippen LogP contribution in [0.15, 0.2) is 59.8 Å². The number of hydrogen-bond donors (Lipinski definition) is 1. The number of fused-ring (bicyclic) bond motifs is 1. The molecule has 0 spiro atoms. The van der Waals surface area contributed by atoms with E-state index in [2.05, 4.69) is 10.4 Å². The number of benzene rings is 1. The number of pyridine rings is 1.